The van der Waals surface area contributed by atoms with Crippen molar-refractivity contribution in [3.05, 3.63) is 35.2 Å². The van der Waals surface area contributed by atoms with Gasteiger partial charge in [-0.2, -0.15) is 0 Å². The van der Waals surface area contributed by atoms with Crippen LogP contribution in [0.3, 0.4) is 0 Å². The van der Waals surface area contributed by atoms with Gasteiger partial charge in [-0.3, -0.25) is 9.59 Å². The molecule has 0 bridgehead atoms. The van der Waals surface area contributed by atoms with Crippen LogP contribution in [0.1, 0.15) is 36.5 Å². The Balaban J connectivity index is 2.15. The standard InChI is InChI=1S/C15H17NO3S/c1-2-5-10(8-14(17)18)16-15(19)12-9-20-13-7-4-3-6-11(12)13/h3-4,6-7,9-10H,2,5,8H2,1H3,(H,16,19)(H,17,18). The van der Waals surface area contributed by atoms with Crippen molar-refractivity contribution in [1.29, 1.82) is 0 Å². The molecule has 106 valence electrons. The summed E-state index contributed by atoms with van der Waals surface area (Å²) in [4.78, 5) is 23.1. The number of thiophene rings is 1. The highest BCUT2D eigenvalue weighted by Gasteiger charge is 2.18. The van der Waals surface area contributed by atoms with E-state index in [9.17, 15) is 9.59 Å². The Morgan fingerprint density at radius 1 is 1.35 bits per heavy atom. The zero-order valence-electron chi connectivity index (χ0n) is 11.3. The quantitative estimate of drug-likeness (QED) is 0.858. The van der Waals surface area contributed by atoms with E-state index in [-0.39, 0.29) is 18.4 Å². The van der Waals surface area contributed by atoms with Crippen LogP contribution in [0, 0.1) is 0 Å². The summed E-state index contributed by atoms with van der Waals surface area (Å²) in [7, 11) is 0. The number of carboxylic acids is 1. The lowest BCUT2D eigenvalue weighted by Gasteiger charge is -2.15. The maximum atomic E-state index is 12.3. The van der Waals surface area contributed by atoms with Crippen LogP contribution in [0.2, 0.25) is 0 Å². The van der Waals surface area contributed by atoms with E-state index in [1.54, 1.807) is 0 Å². The van der Waals surface area contributed by atoms with Crippen molar-refractivity contribution in [2.24, 2.45) is 0 Å². The summed E-state index contributed by atoms with van der Waals surface area (Å²) in [6.07, 6.45) is 1.46. The largest absolute Gasteiger partial charge is 0.481 e. The van der Waals surface area contributed by atoms with E-state index in [1.165, 1.54) is 11.3 Å². The zero-order valence-corrected chi connectivity index (χ0v) is 12.1. The van der Waals surface area contributed by atoms with E-state index in [2.05, 4.69) is 5.32 Å². The Morgan fingerprint density at radius 3 is 2.80 bits per heavy atom. The Bertz CT molecular complexity index is 620. The first-order valence-electron chi connectivity index (χ1n) is 6.60. The van der Waals surface area contributed by atoms with E-state index in [0.717, 1.165) is 16.5 Å². The number of nitrogens with one attached hydrogen (secondary N) is 1. The van der Waals surface area contributed by atoms with E-state index >= 15 is 0 Å². The molecule has 0 radical (unpaired) electrons. The Kier molecular flexibility index (Phi) is 4.74. The maximum absolute atomic E-state index is 12.3. The molecule has 1 atom stereocenters. The van der Waals surface area contributed by atoms with Gasteiger partial charge < -0.3 is 10.4 Å². The van der Waals surface area contributed by atoms with Gasteiger partial charge in [0.05, 0.1) is 12.0 Å². The molecule has 0 spiro atoms. The number of fused-ring (bicyclic) bond motifs is 1. The van der Waals surface area contributed by atoms with E-state index in [0.29, 0.717) is 12.0 Å². The lowest BCUT2D eigenvalue weighted by atomic mass is 10.1. The maximum Gasteiger partial charge on any atom is 0.305 e. The molecule has 1 heterocycles. The molecule has 1 unspecified atom stereocenters. The normalized spacial score (nSPS) is 12.2. The molecule has 0 aliphatic rings. The van der Waals surface area contributed by atoms with Crippen molar-refractivity contribution >= 4 is 33.3 Å². The number of carbonyl (C=O) groups excluding carboxylic acids is 1. The summed E-state index contributed by atoms with van der Waals surface area (Å²) < 4.78 is 1.06. The highest BCUT2D eigenvalue weighted by Crippen LogP contribution is 2.25. The smallest absolute Gasteiger partial charge is 0.305 e. The number of aliphatic carboxylic acids is 1. The number of benzene rings is 1. The summed E-state index contributed by atoms with van der Waals surface area (Å²) in [6.45, 7) is 1.97. The second kappa shape index (κ2) is 6.52. The SMILES string of the molecule is CCCC(CC(=O)O)NC(=O)c1csc2ccccc12. The van der Waals surface area contributed by atoms with Gasteiger partial charge in [0, 0.05) is 21.5 Å². The molecule has 1 aromatic carbocycles. The van der Waals surface area contributed by atoms with Gasteiger partial charge in [0.25, 0.3) is 5.91 Å². The molecule has 20 heavy (non-hydrogen) atoms. The number of carboxylic acid groups (broad SMARTS) is 1. The van der Waals surface area contributed by atoms with Crippen molar-refractivity contribution in [3.63, 3.8) is 0 Å². The number of amides is 1. The molecule has 1 aromatic heterocycles. The summed E-state index contributed by atoms with van der Waals surface area (Å²) in [5.41, 5.74) is 0.622. The fourth-order valence-corrected chi connectivity index (χ4v) is 3.14. The molecule has 0 aliphatic carbocycles. The van der Waals surface area contributed by atoms with Crippen LogP contribution in [-0.4, -0.2) is 23.0 Å². The van der Waals surface area contributed by atoms with E-state index in [1.807, 2.05) is 36.6 Å². The van der Waals surface area contributed by atoms with Crippen LogP contribution in [0.4, 0.5) is 0 Å². The number of rotatable bonds is 6. The van der Waals surface area contributed by atoms with Crippen molar-refractivity contribution in [2.45, 2.75) is 32.2 Å². The first-order valence-corrected chi connectivity index (χ1v) is 7.48. The van der Waals surface area contributed by atoms with Crippen LogP contribution < -0.4 is 5.32 Å². The highest BCUT2D eigenvalue weighted by atomic mass is 32.1. The Hall–Kier alpha value is -1.88. The third-order valence-electron chi connectivity index (χ3n) is 3.12. The minimum absolute atomic E-state index is 0.0400. The number of carbonyl (C=O) groups is 2. The summed E-state index contributed by atoms with van der Waals surface area (Å²) in [6, 6.07) is 7.39. The van der Waals surface area contributed by atoms with Gasteiger partial charge >= 0.3 is 5.97 Å². The molecule has 2 rings (SSSR count). The third kappa shape index (κ3) is 3.36. The predicted octanol–water partition coefficient (Wildman–Crippen LogP) is 3.27. The van der Waals surface area contributed by atoms with Gasteiger partial charge in [-0.05, 0) is 12.5 Å². The van der Waals surface area contributed by atoms with Crippen molar-refractivity contribution < 1.29 is 14.7 Å². The molecule has 0 saturated heterocycles. The van der Waals surface area contributed by atoms with Gasteiger partial charge in [0.1, 0.15) is 0 Å². The average molecular weight is 291 g/mol. The van der Waals surface area contributed by atoms with Gasteiger partial charge in [-0.25, -0.2) is 0 Å². The van der Waals surface area contributed by atoms with Gasteiger partial charge in [0.2, 0.25) is 0 Å². The molecule has 4 nitrogen and oxygen atoms in total. The van der Waals surface area contributed by atoms with E-state index < -0.39 is 5.97 Å². The average Bonchev–Trinajstić information content (AvgIpc) is 2.82. The van der Waals surface area contributed by atoms with Crippen molar-refractivity contribution in [2.75, 3.05) is 0 Å². The van der Waals surface area contributed by atoms with Crippen LogP contribution in [0.5, 0.6) is 0 Å². The molecule has 0 saturated carbocycles. The summed E-state index contributed by atoms with van der Waals surface area (Å²) in [5.74, 6) is -1.08. The van der Waals surface area contributed by atoms with Gasteiger partial charge in [-0.1, -0.05) is 31.5 Å². The van der Waals surface area contributed by atoms with Crippen LogP contribution in [-0.2, 0) is 4.79 Å². The van der Waals surface area contributed by atoms with Crippen molar-refractivity contribution in [1.82, 2.24) is 5.32 Å². The lowest BCUT2D eigenvalue weighted by Crippen LogP contribution is -2.36. The lowest BCUT2D eigenvalue weighted by molar-refractivity contribution is -0.137. The molecular formula is C15H17NO3S. The first-order chi connectivity index (χ1) is 9.61. The second-order valence-electron chi connectivity index (χ2n) is 4.70. The number of hydrogen-bond acceptors (Lipinski definition) is 3. The molecule has 0 fully saturated rings. The van der Waals surface area contributed by atoms with Crippen molar-refractivity contribution in [3.8, 4) is 0 Å². The first kappa shape index (κ1) is 14.5. The monoisotopic (exact) mass is 291 g/mol. The molecular weight excluding hydrogens is 274 g/mol. The molecule has 2 aromatic rings. The molecule has 0 aliphatic heterocycles. The Labute approximate surface area is 121 Å². The molecule has 5 heteroatoms. The topological polar surface area (TPSA) is 66.4 Å². The van der Waals surface area contributed by atoms with Crippen LogP contribution >= 0.6 is 11.3 Å². The minimum Gasteiger partial charge on any atom is -0.481 e. The van der Waals surface area contributed by atoms with Crippen LogP contribution in [0.15, 0.2) is 29.6 Å². The fourth-order valence-electron chi connectivity index (χ4n) is 2.20. The van der Waals surface area contributed by atoms with E-state index in [4.69, 9.17) is 5.11 Å². The fraction of sp³-hybridized carbons (Fsp3) is 0.333. The predicted molar refractivity (Wildman–Crippen MR) is 80.2 cm³/mol. The van der Waals surface area contributed by atoms with Gasteiger partial charge in [0.15, 0.2) is 0 Å². The summed E-state index contributed by atoms with van der Waals surface area (Å²) in [5, 5.41) is 14.4. The molecule has 2 N–H and O–H groups in total. The highest BCUT2D eigenvalue weighted by molar-refractivity contribution is 7.17. The zero-order chi connectivity index (χ0) is 14.5. The number of hydrogen-bond donors (Lipinski definition) is 2. The Morgan fingerprint density at radius 2 is 2.10 bits per heavy atom. The third-order valence-corrected chi connectivity index (χ3v) is 4.08. The second-order valence-corrected chi connectivity index (χ2v) is 5.61. The summed E-state index contributed by atoms with van der Waals surface area (Å²) >= 11 is 1.52. The molecule has 1 amide bonds. The van der Waals surface area contributed by atoms with Crippen LogP contribution in [0.25, 0.3) is 10.1 Å². The minimum atomic E-state index is -0.890. The van der Waals surface area contributed by atoms with Gasteiger partial charge in [-0.15, -0.1) is 11.3 Å².